The van der Waals surface area contributed by atoms with Crippen LogP contribution in [0.3, 0.4) is 0 Å². The standard InChI is InChI=1S/C19H24N2O4S/c1-21(2)16(14-8-9-17-15(12-14)10-11-25-17)13-20-26(22,23)19-7-5-4-6-18(19)24-3/h4-9,12,16,20H,10-11,13H2,1-3H3. The number of fused-ring (bicyclic) bond motifs is 1. The molecule has 0 radical (unpaired) electrons. The van der Waals surface area contributed by atoms with Crippen molar-refractivity contribution in [1.29, 1.82) is 0 Å². The number of benzene rings is 2. The van der Waals surface area contributed by atoms with Crippen LogP contribution in [0.2, 0.25) is 0 Å². The van der Waals surface area contributed by atoms with Crippen LogP contribution < -0.4 is 14.2 Å². The molecular weight excluding hydrogens is 352 g/mol. The molecule has 0 spiro atoms. The number of sulfonamides is 1. The lowest BCUT2D eigenvalue weighted by Gasteiger charge is -2.25. The van der Waals surface area contributed by atoms with Crippen molar-refractivity contribution in [3.05, 3.63) is 53.6 Å². The highest BCUT2D eigenvalue weighted by Gasteiger charge is 2.23. The first kappa shape index (κ1) is 18.7. The van der Waals surface area contributed by atoms with Gasteiger partial charge < -0.3 is 14.4 Å². The molecule has 1 heterocycles. The maximum Gasteiger partial charge on any atom is 0.244 e. The Kier molecular flexibility index (Phi) is 5.50. The average Bonchev–Trinajstić information content (AvgIpc) is 3.09. The van der Waals surface area contributed by atoms with Crippen molar-refractivity contribution in [3.63, 3.8) is 0 Å². The number of methoxy groups -OCH3 is 1. The van der Waals surface area contributed by atoms with E-state index in [9.17, 15) is 8.42 Å². The second-order valence-corrected chi connectivity index (χ2v) is 8.18. The van der Waals surface area contributed by atoms with Gasteiger partial charge in [-0.2, -0.15) is 0 Å². The molecule has 140 valence electrons. The molecular formula is C19H24N2O4S. The molecule has 2 aromatic carbocycles. The summed E-state index contributed by atoms with van der Waals surface area (Å²) in [6.07, 6.45) is 0.885. The van der Waals surface area contributed by atoms with E-state index < -0.39 is 10.0 Å². The van der Waals surface area contributed by atoms with Gasteiger partial charge in [0.1, 0.15) is 16.4 Å². The predicted molar refractivity (Wildman–Crippen MR) is 100 cm³/mol. The van der Waals surface area contributed by atoms with E-state index in [0.29, 0.717) is 12.4 Å². The lowest BCUT2D eigenvalue weighted by molar-refractivity contribution is 0.299. The van der Waals surface area contributed by atoms with Gasteiger partial charge in [-0.3, -0.25) is 0 Å². The smallest absolute Gasteiger partial charge is 0.244 e. The molecule has 0 saturated carbocycles. The molecule has 0 saturated heterocycles. The minimum atomic E-state index is -3.68. The summed E-state index contributed by atoms with van der Waals surface area (Å²) >= 11 is 0. The van der Waals surface area contributed by atoms with Gasteiger partial charge in [0.25, 0.3) is 0 Å². The lowest BCUT2D eigenvalue weighted by atomic mass is 10.0. The van der Waals surface area contributed by atoms with Crippen LogP contribution in [-0.4, -0.2) is 47.7 Å². The van der Waals surface area contributed by atoms with E-state index in [1.165, 1.54) is 12.7 Å². The highest BCUT2D eigenvalue weighted by molar-refractivity contribution is 7.89. The molecule has 0 bridgehead atoms. The summed E-state index contributed by atoms with van der Waals surface area (Å²) < 4.78 is 38.9. The van der Waals surface area contributed by atoms with Gasteiger partial charge in [0.15, 0.2) is 0 Å². The maximum atomic E-state index is 12.7. The zero-order chi connectivity index (χ0) is 18.7. The molecule has 0 aromatic heterocycles. The van der Waals surface area contributed by atoms with Crippen LogP contribution in [0.1, 0.15) is 17.2 Å². The second-order valence-electron chi connectivity index (χ2n) is 6.45. The third kappa shape index (κ3) is 3.85. The highest BCUT2D eigenvalue weighted by Crippen LogP contribution is 2.30. The van der Waals surface area contributed by atoms with Crippen LogP contribution in [0, 0.1) is 0 Å². The van der Waals surface area contributed by atoms with Gasteiger partial charge in [0, 0.05) is 19.0 Å². The number of nitrogens with zero attached hydrogens (tertiary/aromatic N) is 1. The van der Waals surface area contributed by atoms with E-state index >= 15 is 0 Å². The summed E-state index contributed by atoms with van der Waals surface area (Å²) in [6, 6.07) is 12.6. The summed E-state index contributed by atoms with van der Waals surface area (Å²) in [7, 11) is 1.66. The molecule has 1 N–H and O–H groups in total. The van der Waals surface area contributed by atoms with E-state index in [1.54, 1.807) is 24.3 Å². The molecule has 2 aromatic rings. The summed E-state index contributed by atoms with van der Waals surface area (Å²) in [5.74, 6) is 1.25. The topological polar surface area (TPSA) is 67.9 Å². The monoisotopic (exact) mass is 376 g/mol. The van der Waals surface area contributed by atoms with Gasteiger partial charge >= 0.3 is 0 Å². The SMILES string of the molecule is COc1ccccc1S(=O)(=O)NCC(c1ccc2c(c1)CCO2)N(C)C. The minimum absolute atomic E-state index is 0.0922. The number of nitrogens with one attached hydrogen (secondary N) is 1. The zero-order valence-corrected chi connectivity index (χ0v) is 16.0. The molecule has 1 unspecified atom stereocenters. The molecule has 1 aliphatic rings. The molecule has 6 nitrogen and oxygen atoms in total. The van der Waals surface area contributed by atoms with Crippen LogP contribution in [0.4, 0.5) is 0 Å². The molecule has 0 aliphatic carbocycles. The summed E-state index contributed by atoms with van der Waals surface area (Å²) in [5, 5.41) is 0. The van der Waals surface area contributed by atoms with E-state index in [2.05, 4.69) is 10.8 Å². The highest BCUT2D eigenvalue weighted by atomic mass is 32.2. The van der Waals surface area contributed by atoms with Crippen LogP contribution >= 0.6 is 0 Å². The van der Waals surface area contributed by atoms with Crippen molar-refractivity contribution in [1.82, 2.24) is 9.62 Å². The minimum Gasteiger partial charge on any atom is -0.495 e. The fourth-order valence-electron chi connectivity index (χ4n) is 3.12. The first-order chi connectivity index (χ1) is 12.4. The predicted octanol–water partition coefficient (Wildman–Crippen LogP) is 2.21. The van der Waals surface area contributed by atoms with Gasteiger partial charge in [-0.1, -0.05) is 24.3 Å². The summed E-state index contributed by atoms with van der Waals surface area (Å²) in [6.45, 7) is 0.957. The normalized spacial score (nSPS) is 14.8. The third-order valence-electron chi connectivity index (χ3n) is 4.55. The molecule has 26 heavy (non-hydrogen) atoms. The molecule has 7 heteroatoms. The number of ether oxygens (including phenoxy) is 2. The van der Waals surface area contributed by atoms with Crippen molar-refractivity contribution >= 4 is 10.0 Å². The number of hydrogen-bond donors (Lipinski definition) is 1. The Morgan fingerprint density at radius 3 is 2.73 bits per heavy atom. The van der Waals surface area contributed by atoms with Crippen molar-refractivity contribution in [2.75, 3.05) is 34.4 Å². The van der Waals surface area contributed by atoms with Gasteiger partial charge in [-0.15, -0.1) is 0 Å². The molecule has 3 rings (SSSR count). The largest absolute Gasteiger partial charge is 0.495 e. The fraction of sp³-hybridized carbons (Fsp3) is 0.368. The first-order valence-corrected chi connectivity index (χ1v) is 9.95. The average molecular weight is 376 g/mol. The lowest BCUT2D eigenvalue weighted by Crippen LogP contribution is -2.34. The third-order valence-corrected chi connectivity index (χ3v) is 6.01. The Bertz CT molecular complexity index is 881. The Hall–Kier alpha value is -2.09. The Balaban J connectivity index is 1.81. The number of para-hydroxylation sites is 1. The van der Waals surface area contributed by atoms with Crippen molar-refractivity contribution in [2.24, 2.45) is 0 Å². The summed E-state index contributed by atoms with van der Waals surface area (Å²) in [5.41, 5.74) is 2.23. The number of rotatable bonds is 7. The quantitative estimate of drug-likeness (QED) is 0.802. The van der Waals surface area contributed by atoms with Gasteiger partial charge in [-0.25, -0.2) is 13.1 Å². The summed E-state index contributed by atoms with van der Waals surface area (Å²) in [4.78, 5) is 2.14. The zero-order valence-electron chi connectivity index (χ0n) is 15.2. The maximum absolute atomic E-state index is 12.7. The molecule has 1 aliphatic heterocycles. The van der Waals surface area contributed by atoms with Gasteiger partial charge in [0.2, 0.25) is 10.0 Å². The molecule has 0 fully saturated rings. The van der Waals surface area contributed by atoms with E-state index in [1.807, 2.05) is 31.1 Å². The van der Waals surface area contributed by atoms with Crippen LogP contribution in [-0.2, 0) is 16.4 Å². The molecule has 0 amide bonds. The van der Waals surface area contributed by atoms with E-state index in [4.69, 9.17) is 9.47 Å². The Morgan fingerprint density at radius 1 is 1.23 bits per heavy atom. The van der Waals surface area contributed by atoms with Crippen LogP contribution in [0.15, 0.2) is 47.4 Å². The van der Waals surface area contributed by atoms with Crippen molar-refractivity contribution in [3.8, 4) is 11.5 Å². The van der Waals surface area contributed by atoms with Crippen LogP contribution in [0.25, 0.3) is 0 Å². The Labute approximate surface area is 154 Å². The van der Waals surface area contributed by atoms with Crippen LogP contribution in [0.5, 0.6) is 11.5 Å². The van der Waals surface area contributed by atoms with E-state index in [-0.39, 0.29) is 17.5 Å². The second kappa shape index (κ2) is 7.65. The Morgan fingerprint density at radius 2 is 2.00 bits per heavy atom. The van der Waals surface area contributed by atoms with Gasteiger partial charge in [-0.05, 0) is 43.4 Å². The number of likely N-dealkylation sites (N-methyl/N-ethyl adjacent to an activating group) is 1. The van der Waals surface area contributed by atoms with Gasteiger partial charge in [0.05, 0.1) is 13.7 Å². The number of hydrogen-bond acceptors (Lipinski definition) is 5. The van der Waals surface area contributed by atoms with Crippen molar-refractivity contribution in [2.45, 2.75) is 17.4 Å². The molecule has 1 atom stereocenters. The first-order valence-electron chi connectivity index (χ1n) is 8.47. The fourth-order valence-corrected chi connectivity index (χ4v) is 4.33. The van der Waals surface area contributed by atoms with E-state index in [0.717, 1.165) is 17.7 Å². The van der Waals surface area contributed by atoms with Crippen molar-refractivity contribution < 1.29 is 17.9 Å².